The van der Waals surface area contributed by atoms with E-state index in [2.05, 4.69) is 21.6 Å². The van der Waals surface area contributed by atoms with Gasteiger partial charge in [0, 0.05) is 18.7 Å². The van der Waals surface area contributed by atoms with E-state index in [0.29, 0.717) is 18.0 Å². The lowest BCUT2D eigenvalue weighted by molar-refractivity contribution is 0.0625. The molecule has 0 unspecified atom stereocenters. The van der Waals surface area contributed by atoms with Gasteiger partial charge in [-0.25, -0.2) is 4.98 Å². The van der Waals surface area contributed by atoms with Gasteiger partial charge in [-0.05, 0) is 45.2 Å². The third-order valence-corrected chi connectivity index (χ3v) is 5.00. The number of carbonyl (C=O) groups excluding carboxylic acids is 1. The Morgan fingerprint density at radius 1 is 1.32 bits per heavy atom. The minimum Gasteiger partial charge on any atom is -0.359 e. The van der Waals surface area contributed by atoms with E-state index in [1.165, 1.54) is 6.42 Å². The van der Waals surface area contributed by atoms with E-state index in [0.717, 1.165) is 36.2 Å². The summed E-state index contributed by atoms with van der Waals surface area (Å²) < 4.78 is 7.52. The normalized spacial score (nSPS) is 18.0. The number of piperidine rings is 1. The van der Waals surface area contributed by atoms with E-state index in [1.54, 1.807) is 6.07 Å². The first-order chi connectivity index (χ1) is 12.1. The maximum atomic E-state index is 12.7. The summed E-state index contributed by atoms with van der Waals surface area (Å²) in [5.41, 5.74) is 2.40. The maximum Gasteiger partial charge on any atom is 0.276 e. The topological polar surface area (TPSA) is 64.2 Å². The zero-order valence-electron chi connectivity index (χ0n) is 14.6. The second kappa shape index (κ2) is 6.35. The molecule has 130 valence electrons. The molecule has 0 radical (unpaired) electrons. The summed E-state index contributed by atoms with van der Waals surface area (Å²) in [5.74, 6) is 1.55. The number of fused-ring (bicyclic) bond motifs is 1. The summed E-state index contributed by atoms with van der Waals surface area (Å²) >= 11 is 0. The molecule has 6 heteroatoms. The molecule has 1 atom stereocenters. The molecule has 0 aliphatic carbocycles. The van der Waals surface area contributed by atoms with Crippen LogP contribution < -0.4 is 0 Å². The molecule has 0 spiro atoms. The lowest BCUT2D eigenvalue weighted by Gasteiger charge is -2.32. The standard InChI is InChI=1S/C19H22N4O2/c1-13-7-5-6-10-22(13)19(24)17-11-15(25-21-17)12-23-14(2)20-16-8-3-4-9-18(16)23/h3-4,8-9,11,13H,5-7,10,12H2,1-2H3/t13-/m1/s1. The van der Waals surface area contributed by atoms with Gasteiger partial charge in [0.05, 0.1) is 17.6 Å². The van der Waals surface area contributed by atoms with Crippen LogP contribution in [-0.2, 0) is 6.54 Å². The van der Waals surface area contributed by atoms with Crippen LogP contribution in [0.2, 0.25) is 0 Å². The third kappa shape index (κ3) is 2.92. The average molecular weight is 338 g/mol. The van der Waals surface area contributed by atoms with Gasteiger partial charge in [0.15, 0.2) is 11.5 Å². The average Bonchev–Trinajstić information content (AvgIpc) is 3.20. The largest absolute Gasteiger partial charge is 0.359 e. The van der Waals surface area contributed by atoms with Crippen LogP contribution in [0, 0.1) is 6.92 Å². The van der Waals surface area contributed by atoms with Crippen molar-refractivity contribution in [1.29, 1.82) is 0 Å². The van der Waals surface area contributed by atoms with Crippen LogP contribution in [0.15, 0.2) is 34.9 Å². The molecule has 0 bridgehead atoms. The molecule has 2 aromatic heterocycles. The van der Waals surface area contributed by atoms with Crippen LogP contribution in [0.3, 0.4) is 0 Å². The Morgan fingerprint density at radius 3 is 3.00 bits per heavy atom. The monoisotopic (exact) mass is 338 g/mol. The van der Waals surface area contributed by atoms with Gasteiger partial charge < -0.3 is 14.0 Å². The molecular weight excluding hydrogens is 316 g/mol. The fourth-order valence-corrected chi connectivity index (χ4v) is 3.59. The number of amides is 1. The fourth-order valence-electron chi connectivity index (χ4n) is 3.59. The lowest BCUT2D eigenvalue weighted by atomic mass is 10.0. The number of aromatic nitrogens is 3. The molecule has 4 rings (SSSR count). The quantitative estimate of drug-likeness (QED) is 0.734. The molecule has 25 heavy (non-hydrogen) atoms. The summed E-state index contributed by atoms with van der Waals surface area (Å²) in [6.07, 6.45) is 3.29. The van der Waals surface area contributed by atoms with E-state index in [1.807, 2.05) is 36.1 Å². The van der Waals surface area contributed by atoms with Crippen molar-refractivity contribution in [1.82, 2.24) is 19.6 Å². The van der Waals surface area contributed by atoms with Crippen molar-refractivity contribution in [3.8, 4) is 0 Å². The van der Waals surface area contributed by atoms with Crippen LogP contribution in [0.4, 0.5) is 0 Å². The Bertz CT molecular complexity index is 911. The van der Waals surface area contributed by atoms with Crippen molar-refractivity contribution in [2.24, 2.45) is 0 Å². The first-order valence-electron chi connectivity index (χ1n) is 8.82. The predicted octanol–water partition coefficient (Wildman–Crippen LogP) is 3.40. The summed E-state index contributed by atoms with van der Waals surface area (Å²) in [7, 11) is 0. The molecule has 1 amide bonds. The van der Waals surface area contributed by atoms with Gasteiger partial charge in [-0.2, -0.15) is 0 Å². The highest BCUT2D eigenvalue weighted by atomic mass is 16.5. The summed E-state index contributed by atoms with van der Waals surface area (Å²) in [6, 6.07) is 10.0. The smallest absolute Gasteiger partial charge is 0.276 e. The zero-order valence-corrected chi connectivity index (χ0v) is 14.6. The first-order valence-corrected chi connectivity index (χ1v) is 8.82. The number of hydrogen-bond donors (Lipinski definition) is 0. The molecule has 1 aliphatic heterocycles. The Hall–Kier alpha value is -2.63. The van der Waals surface area contributed by atoms with Crippen LogP contribution in [-0.4, -0.2) is 38.1 Å². The molecule has 3 aromatic rings. The Balaban J connectivity index is 1.57. The highest BCUT2D eigenvalue weighted by Crippen LogP contribution is 2.21. The van der Waals surface area contributed by atoms with Crippen LogP contribution in [0.5, 0.6) is 0 Å². The van der Waals surface area contributed by atoms with E-state index < -0.39 is 0 Å². The van der Waals surface area contributed by atoms with E-state index in [-0.39, 0.29) is 11.9 Å². The second-order valence-electron chi connectivity index (χ2n) is 6.76. The highest BCUT2D eigenvalue weighted by molar-refractivity contribution is 5.92. The van der Waals surface area contributed by atoms with Gasteiger partial charge in [-0.15, -0.1) is 0 Å². The minimum absolute atomic E-state index is 0.0330. The lowest BCUT2D eigenvalue weighted by Crippen LogP contribution is -2.42. The second-order valence-corrected chi connectivity index (χ2v) is 6.76. The van der Waals surface area contributed by atoms with Crippen molar-refractivity contribution >= 4 is 16.9 Å². The van der Waals surface area contributed by atoms with Crippen LogP contribution >= 0.6 is 0 Å². The van der Waals surface area contributed by atoms with Gasteiger partial charge in [0.1, 0.15) is 5.82 Å². The molecule has 0 saturated carbocycles. The van der Waals surface area contributed by atoms with E-state index in [9.17, 15) is 4.79 Å². The summed E-state index contributed by atoms with van der Waals surface area (Å²) in [5, 5.41) is 4.02. The minimum atomic E-state index is -0.0330. The fraction of sp³-hybridized carbons (Fsp3) is 0.421. The van der Waals surface area contributed by atoms with Gasteiger partial charge in [-0.1, -0.05) is 17.3 Å². The molecular formula is C19H22N4O2. The summed E-state index contributed by atoms with van der Waals surface area (Å²) in [6.45, 7) is 5.38. The number of aryl methyl sites for hydroxylation is 1. The Labute approximate surface area is 146 Å². The molecule has 1 saturated heterocycles. The Kier molecular flexibility index (Phi) is 4.03. The number of benzene rings is 1. The number of likely N-dealkylation sites (tertiary alicyclic amines) is 1. The van der Waals surface area contributed by atoms with Gasteiger partial charge in [0.25, 0.3) is 5.91 Å². The van der Waals surface area contributed by atoms with Crippen molar-refractivity contribution in [2.75, 3.05) is 6.54 Å². The number of rotatable bonds is 3. The molecule has 1 fully saturated rings. The number of imidazole rings is 1. The molecule has 1 aromatic carbocycles. The van der Waals surface area contributed by atoms with Crippen molar-refractivity contribution in [2.45, 2.75) is 45.7 Å². The van der Waals surface area contributed by atoms with Crippen molar-refractivity contribution in [3.05, 3.63) is 47.6 Å². The van der Waals surface area contributed by atoms with E-state index in [4.69, 9.17) is 4.52 Å². The Morgan fingerprint density at radius 2 is 2.16 bits per heavy atom. The van der Waals surface area contributed by atoms with Crippen LogP contribution in [0.25, 0.3) is 11.0 Å². The molecule has 6 nitrogen and oxygen atoms in total. The number of carbonyl (C=O) groups is 1. The first kappa shape index (κ1) is 15.9. The van der Waals surface area contributed by atoms with Gasteiger partial charge in [0.2, 0.25) is 0 Å². The van der Waals surface area contributed by atoms with Crippen molar-refractivity contribution in [3.63, 3.8) is 0 Å². The zero-order chi connectivity index (χ0) is 17.4. The SMILES string of the molecule is Cc1nc2ccccc2n1Cc1cc(C(=O)N2CCCC[C@H]2C)no1. The van der Waals surface area contributed by atoms with Gasteiger partial charge >= 0.3 is 0 Å². The molecule has 3 heterocycles. The van der Waals surface area contributed by atoms with Crippen LogP contribution in [0.1, 0.15) is 48.3 Å². The molecule has 1 aliphatic rings. The van der Waals surface area contributed by atoms with Gasteiger partial charge in [-0.3, -0.25) is 4.79 Å². The molecule has 0 N–H and O–H groups in total. The number of para-hydroxylation sites is 2. The third-order valence-electron chi connectivity index (χ3n) is 5.00. The highest BCUT2D eigenvalue weighted by Gasteiger charge is 2.26. The van der Waals surface area contributed by atoms with E-state index >= 15 is 0 Å². The van der Waals surface area contributed by atoms with Crippen molar-refractivity contribution < 1.29 is 9.32 Å². The number of nitrogens with zero attached hydrogens (tertiary/aromatic N) is 4. The summed E-state index contributed by atoms with van der Waals surface area (Å²) in [4.78, 5) is 19.2. The predicted molar refractivity (Wildman–Crippen MR) is 94.4 cm³/mol. The number of hydrogen-bond acceptors (Lipinski definition) is 4. The maximum absolute atomic E-state index is 12.7.